The summed E-state index contributed by atoms with van der Waals surface area (Å²) in [6.45, 7) is 0. The summed E-state index contributed by atoms with van der Waals surface area (Å²) >= 11 is 11.7. The summed E-state index contributed by atoms with van der Waals surface area (Å²) in [6, 6.07) is 10.4. The molecule has 2 aromatic carbocycles. The maximum absolute atomic E-state index is 11.5. The third kappa shape index (κ3) is 9.69. The number of hydrogen-bond acceptors (Lipinski definition) is 4. The minimum atomic E-state index is -0.0102. The molecule has 0 saturated heterocycles. The molecule has 0 aromatic heterocycles. The van der Waals surface area contributed by atoms with Gasteiger partial charge in [-0.05, 0) is 61.1 Å². The molecule has 0 aliphatic heterocycles. The SMILES string of the molecule is [Ni+2].[O-]c1ccc(Cl)cc1C=NC1CCCCC1.[O-]c1ccc(Cl)cc1C=NC1CCCCC1. The van der Waals surface area contributed by atoms with Crippen LogP contribution in [0.5, 0.6) is 11.5 Å². The summed E-state index contributed by atoms with van der Waals surface area (Å²) in [5.74, 6) is -0.0204. The van der Waals surface area contributed by atoms with E-state index in [4.69, 9.17) is 23.2 Å². The predicted octanol–water partition coefficient (Wildman–Crippen LogP) is 6.33. The van der Waals surface area contributed by atoms with Crippen molar-refractivity contribution in [3.05, 3.63) is 57.6 Å². The van der Waals surface area contributed by atoms with E-state index >= 15 is 0 Å². The Labute approximate surface area is 217 Å². The summed E-state index contributed by atoms with van der Waals surface area (Å²) in [4.78, 5) is 8.94. The van der Waals surface area contributed by atoms with Crippen molar-refractivity contribution in [3.8, 4) is 11.5 Å². The van der Waals surface area contributed by atoms with Gasteiger partial charge in [0.15, 0.2) is 0 Å². The van der Waals surface area contributed by atoms with Crippen LogP contribution in [0.2, 0.25) is 10.0 Å². The van der Waals surface area contributed by atoms with Gasteiger partial charge in [0.25, 0.3) is 0 Å². The Morgan fingerprint density at radius 3 is 1.36 bits per heavy atom. The van der Waals surface area contributed by atoms with E-state index in [1.807, 2.05) is 0 Å². The molecule has 0 unspecified atom stereocenters. The van der Waals surface area contributed by atoms with Crippen LogP contribution in [-0.2, 0) is 16.5 Å². The smallest absolute Gasteiger partial charge is 0.872 e. The van der Waals surface area contributed by atoms with Gasteiger partial charge in [0.2, 0.25) is 0 Å². The molecule has 7 heteroatoms. The van der Waals surface area contributed by atoms with Gasteiger partial charge in [-0.25, -0.2) is 0 Å². The number of nitrogens with zero attached hydrogens (tertiary/aromatic N) is 2. The second-order valence-corrected chi connectivity index (χ2v) is 9.38. The first-order valence-electron chi connectivity index (χ1n) is 11.5. The molecule has 0 amide bonds. The van der Waals surface area contributed by atoms with Crippen molar-refractivity contribution in [2.24, 2.45) is 9.98 Å². The topological polar surface area (TPSA) is 70.8 Å². The van der Waals surface area contributed by atoms with Crippen LogP contribution in [0.1, 0.15) is 75.3 Å². The molecule has 2 saturated carbocycles. The zero-order valence-electron chi connectivity index (χ0n) is 18.6. The number of halogens is 2. The first-order chi connectivity index (χ1) is 15.5. The van der Waals surface area contributed by atoms with E-state index in [1.165, 1.54) is 50.7 Å². The van der Waals surface area contributed by atoms with Crippen LogP contribution < -0.4 is 10.2 Å². The molecular weight excluding hydrogens is 502 g/mol. The standard InChI is InChI=1S/2C13H16ClNO.Ni/c2*14-11-6-7-13(16)10(8-11)9-15-12-4-2-1-3-5-12;/h2*6-9,12,16H,1-5H2;/q;;+2/p-2. The quantitative estimate of drug-likeness (QED) is 0.341. The molecular formula is C26H30Cl2N2NiO2. The molecule has 2 aliphatic rings. The number of hydrogen-bond donors (Lipinski definition) is 0. The fourth-order valence-corrected chi connectivity index (χ4v) is 4.43. The van der Waals surface area contributed by atoms with E-state index in [1.54, 1.807) is 36.7 Å². The van der Waals surface area contributed by atoms with Gasteiger partial charge in [-0.2, -0.15) is 0 Å². The van der Waals surface area contributed by atoms with Crippen molar-refractivity contribution in [3.63, 3.8) is 0 Å². The fourth-order valence-electron chi connectivity index (χ4n) is 4.07. The molecule has 2 fully saturated rings. The van der Waals surface area contributed by atoms with Crippen molar-refractivity contribution >= 4 is 35.6 Å². The summed E-state index contributed by atoms with van der Waals surface area (Å²) in [5, 5.41) is 24.2. The molecule has 4 nitrogen and oxygen atoms in total. The largest absolute Gasteiger partial charge is 2.00 e. The molecule has 4 rings (SSSR count). The van der Waals surface area contributed by atoms with Gasteiger partial charge >= 0.3 is 16.5 Å². The molecule has 0 bridgehead atoms. The maximum Gasteiger partial charge on any atom is 2.00 e. The summed E-state index contributed by atoms with van der Waals surface area (Å²) in [5.41, 5.74) is 1.19. The van der Waals surface area contributed by atoms with Gasteiger partial charge in [-0.1, -0.05) is 85.4 Å². The van der Waals surface area contributed by atoms with Gasteiger partial charge in [-0.15, -0.1) is 0 Å². The van der Waals surface area contributed by atoms with Crippen molar-refractivity contribution in [2.45, 2.75) is 76.3 Å². The van der Waals surface area contributed by atoms with E-state index in [2.05, 4.69) is 9.98 Å². The zero-order chi connectivity index (χ0) is 22.8. The minimum absolute atomic E-state index is 0. The molecule has 33 heavy (non-hydrogen) atoms. The van der Waals surface area contributed by atoms with Crippen molar-refractivity contribution in [1.82, 2.24) is 0 Å². The maximum atomic E-state index is 11.5. The van der Waals surface area contributed by atoms with Gasteiger partial charge in [-0.3, -0.25) is 9.98 Å². The predicted molar refractivity (Wildman–Crippen MR) is 131 cm³/mol. The average Bonchev–Trinajstić information content (AvgIpc) is 2.82. The first kappa shape index (κ1) is 27.7. The van der Waals surface area contributed by atoms with Gasteiger partial charge in [0.1, 0.15) is 0 Å². The Hall–Kier alpha value is -1.55. The Kier molecular flexibility index (Phi) is 12.3. The fraction of sp³-hybridized carbons (Fsp3) is 0.462. The third-order valence-corrected chi connectivity index (χ3v) is 6.41. The number of aliphatic imine (C=N–C) groups is 2. The normalized spacial score (nSPS) is 17.5. The zero-order valence-corrected chi connectivity index (χ0v) is 21.1. The molecule has 0 radical (unpaired) electrons. The van der Waals surface area contributed by atoms with Gasteiger partial charge in [0.05, 0.1) is 0 Å². The molecule has 0 spiro atoms. The molecule has 2 aromatic rings. The van der Waals surface area contributed by atoms with Crippen molar-refractivity contribution < 1.29 is 26.7 Å². The van der Waals surface area contributed by atoms with Crippen LogP contribution in [-0.4, -0.2) is 24.5 Å². The van der Waals surface area contributed by atoms with Crippen molar-refractivity contribution in [2.75, 3.05) is 0 Å². The molecule has 2 aliphatic carbocycles. The van der Waals surface area contributed by atoms with Crippen LogP contribution in [0.3, 0.4) is 0 Å². The number of rotatable bonds is 4. The first-order valence-corrected chi connectivity index (χ1v) is 12.3. The molecule has 0 heterocycles. The number of benzene rings is 2. The molecule has 0 atom stereocenters. The summed E-state index contributed by atoms with van der Waals surface area (Å²) in [7, 11) is 0. The van der Waals surface area contributed by atoms with E-state index in [9.17, 15) is 10.2 Å². The van der Waals surface area contributed by atoms with Crippen molar-refractivity contribution in [1.29, 1.82) is 0 Å². The second kappa shape index (κ2) is 14.7. The molecule has 0 N–H and O–H groups in total. The monoisotopic (exact) mass is 530 g/mol. The van der Waals surface area contributed by atoms with E-state index in [0.29, 0.717) is 33.3 Å². The molecule has 180 valence electrons. The van der Waals surface area contributed by atoms with Crippen LogP contribution in [0, 0.1) is 0 Å². The van der Waals surface area contributed by atoms with Crippen LogP contribution >= 0.6 is 23.2 Å². The van der Waals surface area contributed by atoms with Gasteiger partial charge in [0, 0.05) is 34.6 Å². The van der Waals surface area contributed by atoms with Crippen LogP contribution in [0.15, 0.2) is 46.4 Å². The third-order valence-electron chi connectivity index (χ3n) is 5.94. The summed E-state index contributed by atoms with van der Waals surface area (Å²) < 4.78 is 0. The van der Waals surface area contributed by atoms with Crippen LogP contribution in [0.4, 0.5) is 0 Å². The Bertz CT molecular complexity index is 849. The van der Waals surface area contributed by atoms with E-state index < -0.39 is 0 Å². The average molecular weight is 532 g/mol. The Morgan fingerprint density at radius 1 is 0.636 bits per heavy atom. The van der Waals surface area contributed by atoms with Gasteiger partial charge < -0.3 is 10.2 Å². The Balaban J connectivity index is 0.000000227. The second-order valence-electron chi connectivity index (χ2n) is 8.50. The Morgan fingerprint density at radius 2 is 1.00 bits per heavy atom. The van der Waals surface area contributed by atoms with E-state index in [0.717, 1.165) is 25.7 Å². The van der Waals surface area contributed by atoms with Crippen LogP contribution in [0.25, 0.3) is 0 Å². The van der Waals surface area contributed by atoms with E-state index in [-0.39, 0.29) is 28.0 Å². The summed E-state index contributed by atoms with van der Waals surface area (Å²) in [6.07, 6.45) is 15.6. The minimum Gasteiger partial charge on any atom is -0.872 e.